The second kappa shape index (κ2) is 9.56. The smallest absolute Gasteiger partial charge is 0.260 e. The molecule has 0 bridgehead atoms. The van der Waals surface area contributed by atoms with Crippen molar-refractivity contribution >= 4 is 11.7 Å². The first kappa shape index (κ1) is 20.9. The summed E-state index contributed by atoms with van der Waals surface area (Å²) in [6.45, 7) is 1.36. The van der Waals surface area contributed by atoms with Gasteiger partial charge in [-0.25, -0.2) is 9.97 Å². The molecule has 1 saturated heterocycles. The van der Waals surface area contributed by atoms with Crippen LogP contribution in [0.15, 0.2) is 30.3 Å². The van der Waals surface area contributed by atoms with E-state index in [4.69, 9.17) is 14.5 Å². The number of nitrogens with zero attached hydrogens (tertiary/aromatic N) is 4. The van der Waals surface area contributed by atoms with Crippen LogP contribution < -0.4 is 14.8 Å². The van der Waals surface area contributed by atoms with Crippen LogP contribution >= 0.6 is 0 Å². The Labute approximate surface area is 171 Å². The summed E-state index contributed by atoms with van der Waals surface area (Å²) in [5.74, 6) is 2.57. The molecule has 156 valence electrons. The Balaban J connectivity index is 1.66. The van der Waals surface area contributed by atoms with Gasteiger partial charge in [0.05, 0.1) is 25.4 Å². The highest BCUT2D eigenvalue weighted by molar-refractivity contribution is 5.77. The van der Waals surface area contributed by atoms with Crippen LogP contribution in [0.2, 0.25) is 0 Å². The summed E-state index contributed by atoms with van der Waals surface area (Å²) in [7, 11) is 7.25. The molecule has 8 nitrogen and oxygen atoms in total. The van der Waals surface area contributed by atoms with Gasteiger partial charge in [0.1, 0.15) is 11.6 Å². The van der Waals surface area contributed by atoms with Gasteiger partial charge in [-0.3, -0.25) is 9.69 Å². The Morgan fingerprint density at radius 1 is 1.31 bits per heavy atom. The standard InChI is InChI=1S/C21H29N5O3/c1-22-19-12-15(23-21(24-19)16-8-7-11-25(16)2)13-26(3)20(27)14-29-18-10-6-5-9-17(18)28-4/h5-6,9-10,12,16H,7-8,11,13-14H2,1-4H3,(H,22,23,24). The van der Waals surface area contributed by atoms with Crippen LogP contribution in [0.5, 0.6) is 11.5 Å². The number of carbonyl (C=O) groups excluding carboxylic acids is 1. The largest absolute Gasteiger partial charge is 0.493 e. The van der Waals surface area contributed by atoms with Gasteiger partial charge in [-0.1, -0.05) is 12.1 Å². The third-order valence-corrected chi connectivity index (χ3v) is 5.12. The van der Waals surface area contributed by atoms with Crippen molar-refractivity contribution in [2.24, 2.45) is 0 Å². The number of carbonyl (C=O) groups is 1. The van der Waals surface area contributed by atoms with Gasteiger partial charge < -0.3 is 19.7 Å². The lowest BCUT2D eigenvalue weighted by Gasteiger charge is -2.21. The number of rotatable bonds is 8. The Kier molecular flexibility index (Phi) is 6.87. The van der Waals surface area contributed by atoms with Crippen molar-refractivity contribution in [3.8, 4) is 11.5 Å². The van der Waals surface area contributed by atoms with E-state index in [0.717, 1.165) is 36.7 Å². The number of methoxy groups -OCH3 is 1. The number of anilines is 1. The van der Waals surface area contributed by atoms with Crippen molar-refractivity contribution in [2.45, 2.75) is 25.4 Å². The van der Waals surface area contributed by atoms with Crippen molar-refractivity contribution in [3.05, 3.63) is 41.9 Å². The lowest BCUT2D eigenvalue weighted by molar-refractivity contribution is -0.132. The number of para-hydroxylation sites is 2. The van der Waals surface area contributed by atoms with Crippen molar-refractivity contribution in [1.29, 1.82) is 0 Å². The molecule has 0 saturated carbocycles. The summed E-state index contributed by atoms with van der Waals surface area (Å²) < 4.78 is 10.9. The molecule has 1 aromatic carbocycles. The minimum Gasteiger partial charge on any atom is -0.493 e. The lowest BCUT2D eigenvalue weighted by atomic mass is 10.2. The molecule has 1 aliphatic rings. The topological polar surface area (TPSA) is 79.8 Å². The number of likely N-dealkylation sites (tertiary alicyclic amines) is 1. The minimum absolute atomic E-state index is 0.0704. The molecule has 3 rings (SSSR count). The van der Waals surface area contributed by atoms with E-state index in [9.17, 15) is 4.79 Å². The van der Waals surface area contributed by atoms with Crippen LogP contribution in [0.1, 0.15) is 30.4 Å². The van der Waals surface area contributed by atoms with Gasteiger partial charge in [0.2, 0.25) is 0 Å². The van der Waals surface area contributed by atoms with Gasteiger partial charge >= 0.3 is 0 Å². The second-order valence-corrected chi connectivity index (χ2v) is 7.18. The average molecular weight is 399 g/mol. The van der Waals surface area contributed by atoms with E-state index in [2.05, 4.69) is 22.2 Å². The van der Waals surface area contributed by atoms with Crippen LogP contribution in [0, 0.1) is 0 Å². The van der Waals surface area contributed by atoms with E-state index in [1.807, 2.05) is 25.2 Å². The molecule has 1 aromatic heterocycles. The fourth-order valence-electron chi connectivity index (χ4n) is 3.43. The van der Waals surface area contributed by atoms with E-state index < -0.39 is 0 Å². The first-order valence-corrected chi connectivity index (χ1v) is 9.77. The van der Waals surface area contributed by atoms with Crippen molar-refractivity contribution < 1.29 is 14.3 Å². The molecule has 8 heteroatoms. The number of hydrogen-bond acceptors (Lipinski definition) is 7. The minimum atomic E-state index is -0.139. The highest BCUT2D eigenvalue weighted by Gasteiger charge is 2.26. The number of ether oxygens (including phenoxy) is 2. The summed E-state index contributed by atoms with van der Waals surface area (Å²) >= 11 is 0. The SMILES string of the molecule is CNc1cc(CN(C)C(=O)COc2ccccc2OC)nc(C2CCCN2C)n1. The van der Waals surface area contributed by atoms with Crippen LogP contribution in [-0.2, 0) is 11.3 Å². The Morgan fingerprint density at radius 3 is 2.72 bits per heavy atom. The number of amides is 1. The third kappa shape index (κ3) is 5.14. The van der Waals surface area contributed by atoms with Crippen LogP contribution in [0.4, 0.5) is 5.82 Å². The predicted molar refractivity (Wildman–Crippen MR) is 111 cm³/mol. The average Bonchev–Trinajstić information content (AvgIpc) is 3.17. The monoisotopic (exact) mass is 399 g/mol. The second-order valence-electron chi connectivity index (χ2n) is 7.18. The molecule has 0 spiro atoms. The number of likely N-dealkylation sites (N-methyl/N-ethyl adjacent to an activating group) is 1. The van der Waals surface area contributed by atoms with Gasteiger partial charge in [0.15, 0.2) is 18.1 Å². The van der Waals surface area contributed by atoms with E-state index in [1.54, 1.807) is 31.2 Å². The van der Waals surface area contributed by atoms with Gasteiger partial charge in [-0.05, 0) is 38.6 Å². The van der Waals surface area contributed by atoms with Crippen molar-refractivity contribution in [2.75, 3.05) is 46.7 Å². The summed E-state index contributed by atoms with van der Waals surface area (Å²) in [5.41, 5.74) is 0.799. The van der Waals surface area contributed by atoms with Crippen LogP contribution in [0.3, 0.4) is 0 Å². The number of aromatic nitrogens is 2. The maximum atomic E-state index is 12.6. The molecule has 1 aliphatic heterocycles. The maximum Gasteiger partial charge on any atom is 0.260 e. The van der Waals surface area contributed by atoms with Crippen LogP contribution in [0.25, 0.3) is 0 Å². The summed E-state index contributed by atoms with van der Waals surface area (Å²) in [6, 6.07) is 9.37. The van der Waals surface area contributed by atoms with Gasteiger partial charge in [0.25, 0.3) is 5.91 Å². The first-order valence-electron chi connectivity index (χ1n) is 9.77. The van der Waals surface area contributed by atoms with E-state index in [0.29, 0.717) is 18.0 Å². The van der Waals surface area contributed by atoms with E-state index in [-0.39, 0.29) is 18.6 Å². The molecule has 1 N–H and O–H groups in total. The fraction of sp³-hybridized carbons (Fsp3) is 0.476. The lowest BCUT2D eigenvalue weighted by Crippen LogP contribution is -2.31. The molecule has 0 aliphatic carbocycles. The van der Waals surface area contributed by atoms with Crippen molar-refractivity contribution in [3.63, 3.8) is 0 Å². The quantitative estimate of drug-likeness (QED) is 0.730. The molecule has 1 fully saturated rings. The molecule has 2 heterocycles. The first-order chi connectivity index (χ1) is 14.0. The molecular formula is C21H29N5O3. The van der Waals surface area contributed by atoms with Gasteiger partial charge in [-0.15, -0.1) is 0 Å². The zero-order valence-electron chi connectivity index (χ0n) is 17.5. The normalized spacial score (nSPS) is 16.5. The highest BCUT2D eigenvalue weighted by atomic mass is 16.5. The third-order valence-electron chi connectivity index (χ3n) is 5.12. The molecular weight excluding hydrogens is 370 g/mol. The van der Waals surface area contributed by atoms with Gasteiger partial charge in [-0.2, -0.15) is 0 Å². The highest BCUT2D eigenvalue weighted by Crippen LogP contribution is 2.29. The molecule has 1 atom stereocenters. The zero-order valence-corrected chi connectivity index (χ0v) is 17.5. The Hall–Kier alpha value is -2.87. The predicted octanol–water partition coefficient (Wildman–Crippen LogP) is 2.33. The summed E-state index contributed by atoms with van der Waals surface area (Å²) in [4.78, 5) is 25.8. The summed E-state index contributed by atoms with van der Waals surface area (Å²) in [5, 5.41) is 3.10. The summed E-state index contributed by atoms with van der Waals surface area (Å²) in [6.07, 6.45) is 2.19. The Bertz CT molecular complexity index is 845. The molecule has 0 radical (unpaired) electrons. The number of nitrogens with one attached hydrogen (secondary N) is 1. The Morgan fingerprint density at radius 2 is 2.07 bits per heavy atom. The molecule has 2 aromatic rings. The van der Waals surface area contributed by atoms with E-state index >= 15 is 0 Å². The van der Waals surface area contributed by atoms with Crippen molar-refractivity contribution in [1.82, 2.24) is 19.8 Å². The zero-order chi connectivity index (χ0) is 20.8. The fourth-order valence-corrected chi connectivity index (χ4v) is 3.43. The molecule has 1 unspecified atom stereocenters. The number of hydrogen-bond donors (Lipinski definition) is 1. The number of benzene rings is 1. The molecule has 29 heavy (non-hydrogen) atoms. The van der Waals surface area contributed by atoms with E-state index in [1.165, 1.54) is 0 Å². The molecule has 1 amide bonds. The maximum absolute atomic E-state index is 12.6. The van der Waals surface area contributed by atoms with Crippen LogP contribution in [-0.4, -0.2) is 67.1 Å². The van der Waals surface area contributed by atoms with Gasteiger partial charge in [0, 0.05) is 20.2 Å².